The summed E-state index contributed by atoms with van der Waals surface area (Å²) in [7, 11) is 1.49. The Balaban J connectivity index is 1.80. The average Bonchev–Trinajstić information content (AvgIpc) is 2.82. The molecule has 34 heavy (non-hydrogen) atoms. The summed E-state index contributed by atoms with van der Waals surface area (Å²) in [6.45, 7) is 0.238. The molecular formula is C24H17ClIN3O5. The molecule has 0 aliphatic heterocycles. The molecule has 0 unspecified atom stereocenters. The number of nitro groups is 1. The highest BCUT2D eigenvalue weighted by atomic mass is 127. The Morgan fingerprint density at radius 3 is 2.56 bits per heavy atom. The van der Waals surface area contributed by atoms with Crippen molar-refractivity contribution >= 4 is 57.5 Å². The summed E-state index contributed by atoms with van der Waals surface area (Å²) in [5.41, 5.74) is 1.45. The lowest BCUT2D eigenvalue weighted by Gasteiger charge is -2.14. The first-order chi connectivity index (χ1) is 16.3. The molecule has 0 heterocycles. The number of benzene rings is 3. The highest BCUT2D eigenvalue weighted by Crippen LogP contribution is 2.35. The Bertz CT molecular complexity index is 1300. The first-order valence-corrected chi connectivity index (χ1v) is 11.2. The lowest BCUT2D eigenvalue weighted by molar-refractivity contribution is -0.384. The van der Waals surface area contributed by atoms with Gasteiger partial charge in [-0.2, -0.15) is 5.26 Å². The number of halogens is 2. The molecule has 172 valence electrons. The van der Waals surface area contributed by atoms with Crippen LogP contribution in [0.4, 0.5) is 11.4 Å². The number of nitrogens with one attached hydrogen (secondary N) is 1. The number of rotatable bonds is 8. The molecule has 1 amide bonds. The van der Waals surface area contributed by atoms with Crippen LogP contribution in [0.5, 0.6) is 11.5 Å². The number of amides is 1. The van der Waals surface area contributed by atoms with E-state index in [4.69, 9.17) is 21.1 Å². The van der Waals surface area contributed by atoms with E-state index in [9.17, 15) is 20.2 Å². The molecule has 3 aromatic rings. The van der Waals surface area contributed by atoms with Crippen LogP contribution in [0.15, 0.2) is 66.2 Å². The van der Waals surface area contributed by atoms with Gasteiger partial charge in [-0.1, -0.05) is 29.8 Å². The van der Waals surface area contributed by atoms with Crippen LogP contribution < -0.4 is 14.8 Å². The van der Waals surface area contributed by atoms with Gasteiger partial charge in [0.25, 0.3) is 11.6 Å². The van der Waals surface area contributed by atoms with Gasteiger partial charge in [-0.05, 0) is 64.6 Å². The van der Waals surface area contributed by atoms with Gasteiger partial charge in [-0.15, -0.1) is 0 Å². The monoisotopic (exact) mass is 589 g/mol. The molecule has 0 saturated carbocycles. The first-order valence-electron chi connectivity index (χ1n) is 9.73. The van der Waals surface area contributed by atoms with E-state index >= 15 is 0 Å². The first kappa shape index (κ1) is 25.0. The second-order valence-corrected chi connectivity index (χ2v) is 8.41. The van der Waals surface area contributed by atoms with Crippen LogP contribution in [-0.4, -0.2) is 17.9 Å². The number of ether oxygens (including phenoxy) is 2. The maximum atomic E-state index is 12.6. The Morgan fingerprint density at radius 2 is 1.94 bits per heavy atom. The summed E-state index contributed by atoms with van der Waals surface area (Å²) in [6, 6.07) is 17.9. The third kappa shape index (κ3) is 6.24. The van der Waals surface area contributed by atoms with Crippen LogP contribution in [0.1, 0.15) is 11.1 Å². The maximum Gasteiger partial charge on any atom is 0.269 e. The van der Waals surface area contributed by atoms with Gasteiger partial charge >= 0.3 is 0 Å². The molecule has 0 radical (unpaired) electrons. The topological polar surface area (TPSA) is 114 Å². The Hall–Kier alpha value is -3.62. The van der Waals surface area contributed by atoms with Crippen molar-refractivity contribution in [2.75, 3.05) is 12.4 Å². The molecule has 1 N–H and O–H groups in total. The number of non-ortho nitro benzene ring substituents is 1. The van der Waals surface area contributed by atoms with Gasteiger partial charge in [0.1, 0.15) is 18.2 Å². The van der Waals surface area contributed by atoms with Crippen molar-refractivity contribution in [3.8, 4) is 17.6 Å². The van der Waals surface area contributed by atoms with Crippen LogP contribution in [-0.2, 0) is 11.4 Å². The predicted molar refractivity (Wildman–Crippen MR) is 137 cm³/mol. The van der Waals surface area contributed by atoms with Crippen LogP contribution in [0.2, 0.25) is 5.02 Å². The number of carbonyl (C=O) groups is 1. The van der Waals surface area contributed by atoms with E-state index in [1.54, 1.807) is 18.2 Å². The van der Waals surface area contributed by atoms with Crippen molar-refractivity contribution in [3.63, 3.8) is 0 Å². The van der Waals surface area contributed by atoms with Crippen molar-refractivity contribution in [1.82, 2.24) is 0 Å². The normalized spacial score (nSPS) is 10.8. The summed E-state index contributed by atoms with van der Waals surface area (Å²) in [4.78, 5) is 22.8. The van der Waals surface area contributed by atoms with Crippen molar-refractivity contribution in [2.45, 2.75) is 6.61 Å². The molecule has 0 fully saturated rings. The van der Waals surface area contributed by atoms with Gasteiger partial charge < -0.3 is 14.8 Å². The maximum absolute atomic E-state index is 12.6. The third-order valence-electron chi connectivity index (χ3n) is 4.59. The molecular weight excluding hydrogens is 573 g/mol. The number of hydrogen-bond acceptors (Lipinski definition) is 6. The fraction of sp³-hybridized carbons (Fsp3) is 0.0833. The summed E-state index contributed by atoms with van der Waals surface area (Å²) >= 11 is 8.28. The number of carbonyl (C=O) groups excluding carboxylic acids is 1. The molecule has 0 saturated heterocycles. The fourth-order valence-corrected chi connectivity index (χ4v) is 3.88. The molecule has 10 heteroatoms. The van der Waals surface area contributed by atoms with Gasteiger partial charge in [-0.25, -0.2) is 0 Å². The lowest BCUT2D eigenvalue weighted by Crippen LogP contribution is -2.13. The second kappa shape index (κ2) is 11.5. The highest BCUT2D eigenvalue weighted by Gasteiger charge is 2.15. The largest absolute Gasteiger partial charge is 0.493 e. The fourth-order valence-electron chi connectivity index (χ4n) is 2.91. The van der Waals surface area contributed by atoms with Crippen LogP contribution >= 0.6 is 34.2 Å². The summed E-state index contributed by atoms with van der Waals surface area (Å²) in [6.07, 6.45) is 1.42. The number of anilines is 1. The zero-order chi connectivity index (χ0) is 24.7. The molecule has 0 atom stereocenters. The molecule has 0 bridgehead atoms. The molecule has 8 nitrogen and oxygen atoms in total. The van der Waals surface area contributed by atoms with E-state index in [0.29, 0.717) is 31.3 Å². The smallest absolute Gasteiger partial charge is 0.269 e. The standard InChI is InChI=1S/C24H17ClIN3O5/c1-33-22-12-15(11-21(26)23(22)34-14-16-4-2-3-5-20(16)25)10-17(13-27)24(30)28-18-6-8-19(9-7-18)29(31)32/h2-12H,14H2,1H3,(H,28,30). The zero-order valence-electron chi connectivity index (χ0n) is 17.7. The highest BCUT2D eigenvalue weighted by molar-refractivity contribution is 14.1. The minimum Gasteiger partial charge on any atom is -0.493 e. The molecule has 0 aromatic heterocycles. The number of nitrogens with zero attached hydrogens (tertiary/aromatic N) is 2. The second-order valence-electron chi connectivity index (χ2n) is 6.84. The van der Waals surface area contributed by atoms with Crippen LogP contribution in [0, 0.1) is 25.0 Å². The van der Waals surface area contributed by atoms with E-state index in [2.05, 4.69) is 27.9 Å². The van der Waals surface area contributed by atoms with Gasteiger partial charge in [0.05, 0.1) is 15.6 Å². The number of nitro benzene ring substituents is 1. The molecule has 0 aliphatic rings. The van der Waals surface area contributed by atoms with E-state index in [1.807, 2.05) is 24.3 Å². The van der Waals surface area contributed by atoms with Crippen molar-refractivity contribution in [2.24, 2.45) is 0 Å². The van der Waals surface area contributed by atoms with E-state index in [1.165, 1.54) is 37.5 Å². The Kier molecular flexibility index (Phi) is 8.45. The number of nitriles is 1. The van der Waals surface area contributed by atoms with Gasteiger partial charge in [0.15, 0.2) is 11.5 Å². The van der Waals surface area contributed by atoms with Gasteiger partial charge in [0.2, 0.25) is 0 Å². The SMILES string of the molecule is COc1cc(C=C(C#N)C(=O)Nc2ccc([N+](=O)[O-])cc2)cc(I)c1OCc1ccccc1Cl. The van der Waals surface area contributed by atoms with Crippen molar-refractivity contribution in [3.05, 3.63) is 96.1 Å². The average molecular weight is 590 g/mol. The zero-order valence-corrected chi connectivity index (χ0v) is 20.7. The van der Waals surface area contributed by atoms with Gasteiger partial charge in [-0.3, -0.25) is 14.9 Å². The van der Waals surface area contributed by atoms with E-state index < -0.39 is 10.8 Å². The third-order valence-corrected chi connectivity index (χ3v) is 5.76. The number of hydrogen-bond donors (Lipinski definition) is 1. The lowest BCUT2D eigenvalue weighted by atomic mass is 10.1. The quantitative estimate of drug-likeness (QED) is 0.114. The number of methoxy groups -OCH3 is 1. The molecule has 0 spiro atoms. The Morgan fingerprint density at radius 1 is 1.24 bits per heavy atom. The van der Waals surface area contributed by atoms with E-state index in [0.717, 1.165) is 5.56 Å². The van der Waals surface area contributed by atoms with Crippen molar-refractivity contribution in [1.29, 1.82) is 5.26 Å². The summed E-state index contributed by atoms with van der Waals surface area (Å²) in [5.74, 6) is 0.289. The minimum atomic E-state index is -0.649. The van der Waals surface area contributed by atoms with E-state index in [-0.39, 0.29) is 17.9 Å². The van der Waals surface area contributed by atoms with Crippen LogP contribution in [0.3, 0.4) is 0 Å². The Labute approximate surface area is 214 Å². The molecule has 3 rings (SSSR count). The summed E-state index contributed by atoms with van der Waals surface area (Å²) < 4.78 is 12.1. The molecule has 0 aliphatic carbocycles. The predicted octanol–water partition coefficient (Wildman–Crippen LogP) is 5.99. The van der Waals surface area contributed by atoms with Crippen molar-refractivity contribution < 1.29 is 19.2 Å². The molecule has 3 aromatic carbocycles. The van der Waals surface area contributed by atoms with Crippen LogP contribution in [0.25, 0.3) is 6.08 Å². The van der Waals surface area contributed by atoms with Gasteiger partial charge in [0, 0.05) is 28.4 Å². The minimum absolute atomic E-state index is 0.104. The summed E-state index contributed by atoms with van der Waals surface area (Å²) in [5, 5.41) is 23.4.